The number of unbranched alkanes of at least 4 members (excludes halogenated alkanes) is 2. The number of azo groups is 1. The van der Waals surface area contributed by atoms with Crippen molar-refractivity contribution < 1.29 is 23.1 Å². The molecule has 1 aromatic carbocycles. The molecule has 0 saturated heterocycles. The third-order valence-electron chi connectivity index (χ3n) is 7.62. The van der Waals surface area contributed by atoms with Crippen LogP contribution in [-0.4, -0.2) is 48.5 Å². The largest absolute Gasteiger partial charge is 0.493 e. The minimum absolute atomic E-state index is 0.0724. The molecule has 42 heavy (non-hydrogen) atoms. The van der Waals surface area contributed by atoms with Gasteiger partial charge in [0, 0.05) is 18.7 Å². The van der Waals surface area contributed by atoms with Gasteiger partial charge in [-0.15, -0.1) is 5.11 Å². The highest BCUT2D eigenvalue weighted by Crippen LogP contribution is 2.32. The summed E-state index contributed by atoms with van der Waals surface area (Å²) in [5.74, 6) is -0.855. The predicted octanol–water partition coefficient (Wildman–Crippen LogP) is 7.40. The van der Waals surface area contributed by atoms with Crippen molar-refractivity contribution in [1.29, 1.82) is 0 Å². The summed E-state index contributed by atoms with van der Waals surface area (Å²) in [5, 5.41) is 18.5. The number of sulfonamides is 1. The molecular weight excluding hydrogens is 556 g/mol. The molecular formula is C31H48N4O6S. The second-order valence-electron chi connectivity index (χ2n) is 10.7. The minimum atomic E-state index is -3.84. The number of nitrogens with one attached hydrogen (secondary N) is 1. The van der Waals surface area contributed by atoms with Crippen molar-refractivity contribution in [2.24, 2.45) is 22.1 Å². The Hall–Kier alpha value is -3.05. The maximum Gasteiger partial charge on any atom is 0.344 e. The van der Waals surface area contributed by atoms with Crippen LogP contribution in [0.3, 0.4) is 0 Å². The highest BCUT2D eigenvalue weighted by Gasteiger charge is 2.29. The topological polar surface area (TPSA) is 141 Å². The lowest BCUT2D eigenvalue weighted by molar-refractivity contribution is 0.0523. The van der Waals surface area contributed by atoms with Gasteiger partial charge in [-0.2, -0.15) is 9.42 Å². The van der Waals surface area contributed by atoms with E-state index in [2.05, 4.69) is 42.9 Å². The summed E-state index contributed by atoms with van der Waals surface area (Å²) in [4.78, 5) is 26.9. The Bertz CT molecular complexity index is 1340. The molecule has 2 N–H and O–H groups in total. The molecule has 1 heterocycles. The monoisotopic (exact) mass is 604 g/mol. The van der Waals surface area contributed by atoms with E-state index in [0.29, 0.717) is 13.1 Å². The average Bonchev–Trinajstić information content (AvgIpc) is 2.96. The van der Waals surface area contributed by atoms with E-state index in [4.69, 9.17) is 4.74 Å². The Morgan fingerprint density at radius 3 is 2.12 bits per heavy atom. The quantitative estimate of drug-likeness (QED) is 0.134. The number of carbonyl (C=O) groups is 1. The Morgan fingerprint density at radius 2 is 1.60 bits per heavy atom. The van der Waals surface area contributed by atoms with E-state index in [-0.39, 0.29) is 45.8 Å². The second kappa shape index (κ2) is 17.2. The van der Waals surface area contributed by atoms with E-state index < -0.39 is 27.4 Å². The summed E-state index contributed by atoms with van der Waals surface area (Å²) < 4.78 is 34.7. The Balaban J connectivity index is 2.47. The van der Waals surface area contributed by atoms with Gasteiger partial charge in [-0.3, -0.25) is 9.78 Å². The molecule has 0 aliphatic rings. The van der Waals surface area contributed by atoms with Gasteiger partial charge in [-0.05, 0) is 56.7 Å². The molecule has 0 aliphatic carbocycles. The lowest BCUT2D eigenvalue weighted by atomic mass is 9.97. The molecule has 2 unspecified atom stereocenters. The van der Waals surface area contributed by atoms with Gasteiger partial charge in [0.25, 0.3) is 5.56 Å². The van der Waals surface area contributed by atoms with Gasteiger partial charge in [0.1, 0.15) is 11.3 Å². The summed E-state index contributed by atoms with van der Waals surface area (Å²) in [7, 11) is -3.84. The number of nitrogens with zero attached hydrogens (tertiary/aromatic N) is 3. The first kappa shape index (κ1) is 35.1. The van der Waals surface area contributed by atoms with Crippen LogP contribution in [-0.2, 0) is 14.8 Å². The molecule has 2 rings (SSSR count). The van der Waals surface area contributed by atoms with E-state index in [0.717, 1.165) is 51.4 Å². The van der Waals surface area contributed by atoms with Crippen molar-refractivity contribution >= 4 is 27.4 Å². The van der Waals surface area contributed by atoms with Crippen molar-refractivity contribution in [3.63, 3.8) is 0 Å². The zero-order valence-electron chi connectivity index (χ0n) is 26.0. The number of aromatic hydroxyl groups is 1. The van der Waals surface area contributed by atoms with Gasteiger partial charge in [0.2, 0.25) is 15.9 Å². The van der Waals surface area contributed by atoms with Crippen LogP contribution in [0.1, 0.15) is 102 Å². The molecule has 0 spiro atoms. The molecule has 10 nitrogen and oxygen atoms in total. The lowest BCUT2D eigenvalue weighted by Crippen LogP contribution is -2.39. The van der Waals surface area contributed by atoms with E-state index in [1.54, 1.807) is 29.4 Å². The molecule has 0 fully saturated rings. The number of pyridine rings is 1. The normalized spacial score (nSPS) is 13.5. The van der Waals surface area contributed by atoms with Crippen LogP contribution in [0.15, 0.2) is 44.2 Å². The van der Waals surface area contributed by atoms with Crippen molar-refractivity contribution in [3.05, 3.63) is 45.7 Å². The van der Waals surface area contributed by atoms with Crippen LogP contribution in [0.25, 0.3) is 0 Å². The molecule has 0 aliphatic heterocycles. The highest BCUT2D eigenvalue weighted by atomic mass is 32.2. The maximum absolute atomic E-state index is 14.1. The first-order chi connectivity index (χ1) is 20.0. The zero-order chi connectivity index (χ0) is 31.3. The van der Waals surface area contributed by atoms with Gasteiger partial charge in [-0.1, -0.05) is 72.3 Å². The number of hydrogen-bond acceptors (Lipinski definition) is 8. The van der Waals surface area contributed by atoms with Gasteiger partial charge < -0.3 is 9.84 Å². The van der Waals surface area contributed by atoms with Crippen LogP contribution in [0.5, 0.6) is 5.88 Å². The first-order valence-corrected chi connectivity index (χ1v) is 16.6. The van der Waals surface area contributed by atoms with Gasteiger partial charge in [0.05, 0.1) is 17.2 Å². The SMILES string of the molecule is CCCCC(CC)CN(CC(CC)CCCC)S(=O)(=O)c1cccc(/N=N/c2c(O)[nH]c(=O)c(C(=O)OCC)c2C)c1. The van der Waals surface area contributed by atoms with Crippen molar-refractivity contribution in [3.8, 4) is 5.88 Å². The van der Waals surface area contributed by atoms with Crippen LogP contribution < -0.4 is 5.56 Å². The number of H-pyrrole nitrogens is 1. The average molecular weight is 605 g/mol. The summed E-state index contributed by atoms with van der Waals surface area (Å²) in [6.07, 6.45) is 8.02. The fraction of sp³-hybridized carbons (Fsp3) is 0.613. The van der Waals surface area contributed by atoms with Gasteiger partial charge >= 0.3 is 5.97 Å². The van der Waals surface area contributed by atoms with E-state index >= 15 is 0 Å². The fourth-order valence-electron chi connectivity index (χ4n) is 4.91. The lowest BCUT2D eigenvalue weighted by Gasteiger charge is -2.30. The van der Waals surface area contributed by atoms with Crippen LogP contribution in [0.2, 0.25) is 0 Å². The van der Waals surface area contributed by atoms with Crippen LogP contribution in [0.4, 0.5) is 11.4 Å². The zero-order valence-corrected chi connectivity index (χ0v) is 26.8. The molecule has 2 aromatic rings. The number of carbonyl (C=O) groups excluding carboxylic acids is 1. The Morgan fingerprint density at radius 1 is 1.00 bits per heavy atom. The molecule has 2 atom stereocenters. The maximum atomic E-state index is 14.1. The molecule has 0 amide bonds. The molecule has 0 radical (unpaired) electrons. The number of esters is 1. The number of aromatic nitrogens is 1. The Labute approximate surface area is 250 Å². The second-order valence-corrected chi connectivity index (χ2v) is 12.7. The molecule has 0 saturated carbocycles. The summed E-state index contributed by atoms with van der Waals surface area (Å²) >= 11 is 0. The number of benzene rings is 1. The third-order valence-corrected chi connectivity index (χ3v) is 9.45. The van der Waals surface area contributed by atoms with E-state index in [9.17, 15) is 23.1 Å². The van der Waals surface area contributed by atoms with Crippen molar-refractivity contribution in [1.82, 2.24) is 9.29 Å². The van der Waals surface area contributed by atoms with Crippen molar-refractivity contribution in [2.75, 3.05) is 19.7 Å². The number of ether oxygens (including phenoxy) is 1. The van der Waals surface area contributed by atoms with Gasteiger partial charge in [0.15, 0.2) is 0 Å². The van der Waals surface area contributed by atoms with E-state index in [1.807, 2.05) is 0 Å². The first-order valence-electron chi connectivity index (χ1n) is 15.2. The fourth-order valence-corrected chi connectivity index (χ4v) is 6.54. The highest BCUT2D eigenvalue weighted by molar-refractivity contribution is 7.89. The summed E-state index contributed by atoms with van der Waals surface area (Å²) in [6.45, 7) is 12.6. The number of rotatable bonds is 18. The van der Waals surface area contributed by atoms with Gasteiger partial charge in [-0.25, -0.2) is 13.2 Å². The smallest absolute Gasteiger partial charge is 0.344 e. The summed E-state index contributed by atoms with van der Waals surface area (Å²) in [5.41, 5.74) is -0.851. The van der Waals surface area contributed by atoms with Crippen LogP contribution >= 0.6 is 0 Å². The Kier molecular flexibility index (Phi) is 14.4. The minimum Gasteiger partial charge on any atom is -0.493 e. The molecule has 11 heteroatoms. The standard InChI is InChI=1S/C31H48N4O6S/c1-7-12-15-23(9-3)20-35(21-24(10-4)16-13-8-2)42(39,40)26-18-14-17-25(19-26)33-34-28-22(6)27(31(38)41-11-5)29(36)32-30(28)37/h14,17-19,23-24H,7-13,15-16,20-21H2,1-6H3,(H2,32,36,37)/b34-33+. The van der Waals surface area contributed by atoms with E-state index in [1.165, 1.54) is 13.0 Å². The van der Waals surface area contributed by atoms with Crippen molar-refractivity contribution in [2.45, 2.75) is 97.8 Å². The molecule has 234 valence electrons. The van der Waals surface area contributed by atoms with Crippen LogP contribution in [0, 0.1) is 18.8 Å². The molecule has 0 bridgehead atoms. The number of aromatic amines is 1. The predicted molar refractivity (Wildman–Crippen MR) is 165 cm³/mol. The summed E-state index contributed by atoms with van der Waals surface area (Å²) in [6, 6.07) is 6.22. The number of hydrogen-bond donors (Lipinski definition) is 2. The third kappa shape index (κ3) is 9.49. The molecule has 1 aromatic heterocycles.